The van der Waals surface area contributed by atoms with Crippen molar-refractivity contribution >= 4 is 6.08 Å². The van der Waals surface area contributed by atoms with Crippen LogP contribution in [0.4, 0.5) is 17.6 Å². The van der Waals surface area contributed by atoms with Gasteiger partial charge in [0, 0.05) is 11.1 Å². The first-order chi connectivity index (χ1) is 8.43. The van der Waals surface area contributed by atoms with Gasteiger partial charge in [-0.15, -0.1) is 0 Å². The van der Waals surface area contributed by atoms with Crippen molar-refractivity contribution in [2.45, 2.75) is 13.3 Å². The van der Waals surface area contributed by atoms with Crippen molar-refractivity contribution in [3.05, 3.63) is 40.0 Å². The highest BCUT2D eigenvalue weighted by atomic mass is 19.2. The van der Waals surface area contributed by atoms with E-state index in [1.807, 2.05) is 0 Å². The topological polar surface area (TPSA) is 47.6 Å². The van der Waals surface area contributed by atoms with Gasteiger partial charge in [0.25, 0.3) is 0 Å². The molecule has 1 aromatic rings. The van der Waals surface area contributed by atoms with Crippen LogP contribution in [0.15, 0.2) is 5.57 Å². The third kappa shape index (κ3) is 2.33. The number of hydrogen-bond acceptors (Lipinski definition) is 2. The lowest BCUT2D eigenvalue weighted by molar-refractivity contribution is 0.440. The summed E-state index contributed by atoms with van der Waals surface area (Å²) in [6, 6.07) is 2.99. The third-order valence-electron chi connectivity index (χ3n) is 2.18. The van der Waals surface area contributed by atoms with Crippen LogP contribution in [0.3, 0.4) is 0 Å². The summed E-state index contributed by atoms with van der Waals surface area (Å²) >= 11 is 0. The summed E-state index contributed by atoms with van der Waals surface area (Å²) in [5.41, 5.74) is -2.04. The fourth-order valence-electron chi connectivity index (χ4n) is 1.30. The van der Waals surface area contributed by atoms with Crippen LogP contribution >= 0.6 is 0 Å². The lowest BCUT2D eigenvalue weighted by Gasteiger charge is -2.07. The second-order valence-corrected chi connectivity index (χ2v) is 3.42. The van der Waals surface area contributed by atoms with E-state index in [9.17, 15) is 17.6 Å². The van der Waals surface area contributed by atoms with Gasteiger partial charge in [-0.3, -0.25) is 0 Å². The van der Waals surface area contributed by atoms with Gasteiger partial charge >= 0.3 is 0 Å². The van der Waals surface area contributed by atoms with Gasteiger partial charge in [0.15, 0.2) is 23.3 Å². The molecule has 1 aromatic carbocycles. The Morgan fingerprint density at radius 2 is 1.56 bits per heavy atom. The Hall–Kier alpha value is -2.34. The molecule has 0 aliphatic heterocycles. The van der Waals surface area contributed by atoms with Crippen LogP contribution in [-0.4, -0.2) is 0 Å². The molecule has 0 heterocycles. The lowest BCUT2D eigenvalue weighted by atomic mass is 10.0. The molecule has 0 fully saturated rings. The van der Waals surface area contributed by atoms with E-state index in [2.05, 4.69) is 0 Å². The van der Waals surface area contributed by atoms with E-state index >= 15 is 0 Å². The Balaban J connectivity index is 3.61. The Kier molecular flexibility index (Phi) is 4.06. The maximum Gasteiger partial charge on any atom is 0.169 e. The molecule has 0 aliphatic rings. The predicted octanol–water partition coefficient (Wildman–Crippen LogP) is 3.24. The fourth-order valence-corrected chi connectivity index (χ4v) is 1.30. The van der Waals surface area contributed by atoms with Crippen molar-refractivity contribution in [2.24, 2.45) is 0 Å². The first kappa shape index (κ1) is 13.7. The van der Waals surface area contributed by atoms with Crippen molar-refractivity contribution in [1.82, 2.24) is 0 Å². The first-order valence-corrected chi connectivity index (χ1v) is 4.74. The van der Waals surface area contributed by atoms with E-state index < -0.39 is 40.8 Å². The van der Waals surface area contributed by atoms with E-state index in [4.69, 9.17) is 10.5 Å². The molecule has 0 aliphatic carbocycles. The number of nitrogens with zero attached hydrogens (tertiary/aromatic N) is 2. The quantitative estimate of drug-likeness (QED) is 0.462. The second kappa shape index (κ2) is 5.33. The molecule has 0 saturated heterocycles. The molecule has 92 valence electrons. The van der Waals surface area contributed by atoms with Gasteiger partial charge in [0.1, 0.15) is 0 Å². The Morgan fingerprint density at radius 3 is 1.94 bits per heavy atom. The van der Waals surface area contributed by atoms with Crippen molar-refractivity contribution < 1.29 is 17.6 Å². The van der Waals surface area contributed by atoms with Crippen LogP contribution < -0.4 is 0 Å². The Morgan fingerprint density at radius 1 is 1.06 bits per heavy atom. The summed E-state index contributed by atoms with van der Waals surface area (Å²) in [4.78, 5) is 0. The minimum absolute atomic E-state index is 0.111. The molecule has 0 aromatic heterocycles. The average molecular weight is 254 g/mol. The summed E-state index contributed by atoms with van der Waals surface area (Å²) in [6.45, 7) is 1.23. The van der Waals surface area contributed by atoms with Gasteiger partial charge < -0.3 is 0 Å². The monoisotopic (exact) mass is 254 g/mol. The van der Waals surface area contributed by atoms with Gasteiger partial charge in [-0.2, -0.15) is 10.5 Å². The van der Waals surface area contributed by atoms with Crippen LogP contribution in [-0.2, 0) is 6.42 Å². The minimum atomic E-state index is -1.62. The van der Waals surface area contributed by atoms with Gasteiger partial charge in [0.05, 0.1) is 24.1 Å². The Labute approximate surface area is 100 Å². The van der Waals surface area contributed by atoms with Gasteiger partial charge in [-0.1, -0.05) is 0 Å². The van der Waals surface area contributed by atoms with Crippen molar-refractivity contribution in [3.63, 3.8) is 0 Å². The molecule has 0 amide bonds. The zero-order chi connectivity index (χ0) is 13.9. The van der Waals surface area contributed by atoms with Crippen LogP contribution in [0.5, 0.6) is 0 Å². The minimum Gasteiger partial charge on any atom is -0.203 e. The van der Waals surface area contributed by atoms with Gasteiger partial charge in [-0.05, 0) is 13.0 Å². The highest BCUT2D eigenvalue weighted by Gasteiger charge is 2.23. The third-order valence-corrected chi connectivity index (χ3v) is 2.18. The largest absolute Gasteiger partial charge is 0.203 e. The number of allylic oxidation sites excluding steroid dienone is 1. The molecule has 0 radical (unpaired) electrons. The molecule has 0 unspecified atom stereocenters. The molecule has 0 atom stereocenters. The maximum absolute atomic E-state index is 13.5. The molecular formula is C12H6F4N2. The van der Waals surface area contributed by atoms with Crippen LogP contribution in [0, 0.1) is 45.9 Å². The van der Waals surface area contributed by atoms with E-state index in [-0.39, 0.29) is 5.57 Å². The SMILES string of the molecule is CC(C#N)=Cc1c(F)c(F)c(CC#N)c(F)c1F. The van der Waals surface area contributed by atoms with Crippen LogP contribution in [0.2, 0.25) is 0 Å². The maximum atomic E-state index is 13.5. The molecule has 0 N–H and O–H groups in total. The van der Waals surface area contributed by atoms with Gasteiger partial charge in [0.2, 0.25) is 0 Å². The molecule has 0 bridgehead atoms. The molecule has 1 rings (SSSR count). The van der Waals surface area contributed by atoms with Crippen molar-refractivity contribution in [2.75, 3.05) is 0 Å². The fraction of sp³-hybridized carbons (Fsp3) is 0.167. The molecule has 0 spiro atoms. The molecule has 2 nitrogen and oxygen atoms in total. The summed E-state index contributed by atoms with van der Waals surface area (Å²) in [7, 11) is 0. The smallest absolute Gasteiger partial charge is 0.169 e. The lowest BCUT2D eigenvalue weighted by Crippen LogP contribution is -2.06. The highest BCUT2D eigenvalue weighted by molar-refractivity contribution is 5.58. The molecule has 6 heteroatoms. The summed E-state index contributed by atoms with van der Waals surface area (Å²) < 4.78 is 53.8. The normalized spacial score (nSPS) is 10.9. The standard InChI is InChI=1S/C12H6F4N2/c1-6(5-18)4-8-11(15)9(13)7(2-3-17)10(14)12(8)16/h4H,2H2,1H3. The predicted molar refractivity (Wildman–Crippen MR) is 54.9 cm³/mol. The second-order valence-electron chi connectivity index (χ2n) is 3.42. The first-order valence-electron chi connectivity index (χ1n) is 4.74. The number of rotatable bonds is 2. The number of benzene rings is 1. The molecular weight excluding hydrogens is 248 g/mol. The average Bonchev–Trinajstić information content (AvgIpc) is 2.37. The zero-order valence-corrected chi connectivity index (χ0v) is 9.19. The molecule has 0 saturated carbocycles. The summed E-state index contributed by atoms with van der Waals surface area (Å²) in [5.74, 6) is -6.47. The summed E-state index contributed by atoms with van der Waals surface area (Å²) in [6.07, 6.45) is -0.0836. The van der Waals surface area contributed by atoms with Crippen molar-refractivity contribution in [3.8, 4) is 12.1 Å². The van der Waals surface area contributed by atoms with Crippen LogP contribution in [0.1, 0.15) is 18.1 Å². The van der Waals surface area contributed by atoms with Gasteiger partial charge in [-0.25, -0.2) is 17.6 Å². The van der Waals surface area contributed by atoms with Crippen LogP contribution in [0.25, 0.3) is 6.08 Å². The number of halogens is 4. The Bertz CT molecular complexity index is 577. The summed E-state index contributed by atoms with van der Waals surface area (Å²) in [5, 5.41) is 16.8. The van der Waals surface area contributed by atoms with E-state index in [0.717, 1.165) is 0 Å². The van der Waals surface area contributed by atoms with E-state index in [0.29, 0.717) is 6.08 Å². The highest BCUT2D eigenvalue weighted by Crippen LogP contribution is 2.26. The number of hydrogen-bond donors (Lipinski definition) is 0. The number of nitriles is 2. The van der Waals surface area contributed by atoms with E-state index in [1.54, 1.807) is 6.07 Å². The zero-order valence-electron chi connectivity index (χ0n) is 9.19. The van der Waals surface area contributed by atoms with Crippen molar-refractivity contribution in [1.29, 1.82) is 10.5 Å². The molecule has 18 heavy (non-hydrogen) atoms. The van der Waals surface area contributed by atoms with E-state index in [1.165, 1.54) is 13.0 Å².